The van der Waals surface area contributed by atoms with Crippen LogP contribution in [0.3, 0.4) is 0 Å². The van der Waals surface area contributed by atoms with E-state index in [0.717, 1.165) is 42.0 Å². The lowest BCUT2D eigenvalue weighted by molar-refractivity contribution is -0.133. The first-order chi connectivity index (χ1) is 11.3. The number of hydrogen-bond donors (Lipinski definition) is 0. The number of piperidine rings is 1. The lowest BCUT2D eigenvalue weighted by atomic mass is 9.75. The van der Waals surface area contributed by atoms with Gasteiger partial charge in [0.2, 0.25) is 5.91 Å². The van der Waals surface area contributed by atoms with Gasteiger partial charge in [0, 0.05) is 13.1 Å². The zero-order valence-electron chi connectivity index (χ0n) is 13.6. The normalized spacial score (nSPS) is 26.5. The number of hydrogen-bond acceptors (Lipinski definition) is 3. The highest BCUT2D eigenvalue weighted by Gasteiger charge is 2.32. The maximum Gasteiger partial charge on any atom is 0.227 e. The highest BCUT2D eigenvalue weighted by Crippen LogP contribution is 2.36. The van der Waals surface area contributed by atoms with Crippen LogP contribution in [-0.4, -0.2) is 37.1 Å². The molecule has 124 valence electrons. The zero-order chi connectivity index (χ0) is 15.6. The molecular weight excluding hydrogens is 290 g/mol. The molecule has 1 amide bonds. The molecule has 2 fully saturated rings. The molecule has 0 spiro atoms. The Bertz CT molecular complexity index is 586. The molecule has 4 heteroatoms. The fourth-order valence-corrected chi connectivity index (χ4v) is 4.31. The van der Waals surface area contributed by atoms with Crippen LogP contribution in [0.25, 0.3) is 0 Å². The molecule has 23 heavy (non-hydrogen) atoms. The number of carbonyl (C=O) groups excluding carboxylic acids is 1. The summed E-state index contributed by atoms with van der Waals surface area (Å²) in [7, 11) is 0. The lowest BCUT2D eigenvalue weighted by Gasteiger charge is -2.41. The fraction of sp³-hybridized carbons (Fsp3) is 0.632. The van der Waals surface area contributed by atoms with E-state index in [-0.39, 0.29) is 5.91 Å². The minimum absolute atomic E-state index is 0.255. The van der Waals surface area contributed by atoms with E-state index in [1.165, 1.54) is 32.1 Å². The van der Waals surface area contributed by atoms with Crippen LogP contribution in [0.4, 0.5) is 0 Å². The van der Waals surface area contributed by atoms with E-state index in [2.05, 4.69) is 4.90 Å². The van der Waals surface area contributed by atoms with Crippen molar-refractivity contribution in [1.29, 1.82) is 0 Å². The predicted molar refractivity (Wildman–Crippen MR) is 87.8 cm³/mol. The number of amides is 1. The number of benzene rings is 1. The molecule has 2 heterocycles. The maximum atomic E-state index is 12.7. The maximum absolute atomic E-state index is 12.7. The molecule has 4 nitrogen and oxygen atoms in total. The van der Waals surface area contributed by atoms with Crippen molar-refractivity contribution < 1.29 is 14.3 Å². The molecule has 1 aromatic carbocycles. The first-order valence-corrected chi connectivity index (χ1v) is 8.96. The number of carbonyl (C=O) groups is 1. The molecule has 0 radical (unpaired) electrons. The Morgan fingerprint density at radius 1 is 1.04 bits per heavy atom. The van der Waals surface area contributed by atoms with E-state index in [1.807, 2.05) is 18.2 Å². The molecule has 2 aliphatic heterocycles. The topological polar surface area (TPSA) is 38.8 Å². The minimum atomic E-state index is 0.255. The van der Waals surface area contributed by atoms with Gasteiger partial charge in [-0.1, -0.05) is 25.3 Å². The Morgan fingerprint density at radius 2 is 1.83 bits per heavy atom. The molecule has 4 rings (SSSR count). The summed E-state index contributed by atoms with van der Waals surface area (Å²) in [6, 6.07) is 5.86. The van der Waals surface area contributed by atoms with Gasteiger partial charge in [0.05, 0.1) is 6.42 Å². The molecule has 2 atom stereocenters. The molecule has 0 unspecified atom stereocenters. The van der Waals surface area contributed by atoms with Gasteiger partial charge in [-0.3, -0.25) is 4.79 Å². The number of rotatable bonds is 2. The molecule has 0 N–H and O–H groups in total. The Kier molecular flexibility index (Phi) is 4.15. The average Bonchev–Trinajstić information content (AvgIpc) is 2.61. The van der Waals surface area contributed by atoms with Gasteiger partial charge in [-0.15, -0.1) is 0 Å². The zero-order valence-corrected chi connectivity index (χ0v) is 13.6. The molecule has 1 saturated heterocycles. The monoisotopic (exact) mass is 315 g/mol. The van der Waals surface area contributed by atoms with Crippen molar-refractivity contribution in [3.05, 3.63) is 23.8 Å². The lowest BCUT2D eigenvalue weighted by Crippen LogP contribution is -2.45. The van der Waals surface area contributed by atoms with Gasteiger partial charge in [-0.25, -0.2) is 0 Å². The molecule has 0 bridgehead atoms. The Balaban J connectivity index is 1.39. The van der Waals surface area contributed by atoms with Gasteiger partial charge < -0.3 is 14.4 Å². The van der Waals surface area contributed by atoms with Gasteiger partial charge in [0.25, 0.3) is 0 Å². The van der Waals surface area contributed by atoms with Gasteiger partial charge in [0.1, 0.15) is 13.2 Å². The Hall–Kier alpha value is -1.71. The van der Waals surface area contributed by atoms with Crippen LogP contribution in [-0.2, 0) is 11.2 Å². The van der Waals surface area contributed by atoms with Gasteiger partial charge >= 0.3 is 0 Å². The van der Waals surface area contributed by atoms with Crippen LogP contribution in [0.1, 0.15) is 37.7 Å². The third kappa shape index (κ3) is 3.17. The third-order valence-corrected chi connectivity index (χ3v) is 5.61. The Morgan fingerprint density at radius 3 is 2.70 bits per heavy atom. The summed E-state index contributed by atoms with van der Waals surface area (Å²) in [5, 5.41) is 0. The van der Waals surface area contributed by atoms with Crippen LogP contribution in [0.15, 0.2) is 18.2 Å². The summed E-state index contributed by atoms with van der Waals surface area (Å²) in [5.41, 5.74) is 1.02. The molecule has 1 saturated carbocycles. The summed E-state index contributed by atoms with van der Waals surface area (Å²) in [5.74, 6) is 3.41. The van der Waals surface area contributed by atoms with E-state index < -0.39 is 0 Å². The van der Waals surface area contributed by atoms with E-state index >= 15 is 0 Å². The first-order valence-electron chi connectivity index (χ1n) is 8.96. The van der Waals surface area contributed by atoms with E-state index in [0.29, 0.717) is 19.6 Å². The quantitative estimate of drug-likeness (QED) is 0.842. The van der Waals surface area contributed by atoms with Crippen LogP contribution < -0.4 is 9.47 Å². The van der Waals surface area contributed by atoms with Crippen LogP contribution >= 0.6 is 0 Å². The van der Waals surface area contributed by atoms with Gasteiger partial charge in [0.15, 0.2) is 11.5 Å². The van der Waals surface area contributed by atoms with Gasteiger partial charge in [-0.2, -0.15) is 0 Å². The van der Waals surface area contributed by atoms with E-state index in [4.69, 9.17) is 9.47 Å². The SMILES string of the molecule is O=C(Cc1ccc2c(c1)OCCO2)N1CC[C@@H]2CCCC[C@H]2C1. The van der Waals surface area contributed by atoms with Crippen molar-refractivity contribution in [3.63, 3.8) is 0 Å². The highest BCUT2D eigenvalue weighted by atomic mass is 16.6. The van der Waals surface area contributed by atoms with Crippen molar-refractivity contribution in [2.45, 2.75) is 38.5 Å². The molecule has 1 aromatic rings. The van der Waals surface area contributed by atoms with Crippen molar-refractivity contribution >= 4 is 5.91 Å². The summed E-state index contributed by atoms with van der Waals surface area (Å²) >= 11 is 0. The second kappa shape index (κ2) is 6.42. The molecule has 0 aromatic heterocycles. The van der Waals surface area contributed by atoms with Crippen molar-refractivity contribution in [3.8, 4) is 11.5 Å². The molecule has 3 aliphatic rings. The second-order valence-electron chi connectivity index (χ2n) is 7.09. The van der Waals surface area contributed by atoms with Crippen molar-refractivity contribution in [1.82, 2.24) is 4.90 Å². The number of ether oxygens (including phenoxy) is 2. The minimum Gasteiger partial charge on any atom is -0.486 e. The largest absolute Gasteiger partial charge is 0.486 e. The summed E-state index contributed by atoms with van der Waals surface area (Å²) in [4.78, 5) is 14.8. The van der Waals surface area contributed by atoms with Crippen molar-refractivity contribution in [2.24, 2.45) is 11.8 Å². The number of nitrogens with zero attached hydrogens (tertiary/aromatic N) is 1. The van der Waals surface area contributed by atoms with Crippen LogP contribution in [0, 0.1) is 11.8 Å². The first kappa shape index (κ1) is 14.9. The van der Waals surface area contributed by atoms with Crippen molar-refractivity contribution in [2.75, 3.05) is 26.3 Å². The second-order valence-corrected chi connectivity index (χ2v) is 7.09. The van der Waals surface area contributed by atoms with E-state index in [9.17, 15) is 4.79 Å². The van der Waals surface area contributed by atoms with Gasteiger partial charge in [-0.05, 0) is 42.4 Å². The summed E-state index contributed by atoms with van der Waals surface area (Å²) < 4.78 is 11.2. The predicted octanol–water partition coefficient (Wildman–Crippen LogP) is 3.04. The smallest absolute Gasteiger partial charge is 0.227 e. The van der Waals surface area contributed by atoms with Crippen LogP contribution in [0.5, 0.6) is 11.5 Å². The van der Waals surface area contributed by atoms with E-state index in [1.54, 1.807) is 0 Å². The number of fused-ring (bicyclic) bond motifs is 2. The van der Waals surface area contributed by atoms with Crippen LogP contribution in [0.2, 0.25) is 0 Å². The summed E-state index contributed by atoms with van der Waals surface area (Å²) in [6.07, 6.45) is 7.05. The standard InChI is InChI=1S/C19H25NO3/c21-19(20-8-7-15-3-1-2-4-16(15)13-20)12-14-5-6-17-18(11-14)23-10-9-22-17/h5-6,11,15-16H,1-4,7-10,12-13H2/t15-,16-/m0/s1. The highest BCUT2D eigenvalue weighted by molar-refractivity contribution is 5.79. The molecular formula is C19H25NO3. The fourth-order valence-electron chi connectivity index (χ4n) is 4.31. The number of likely N-dealkylation sites (tertiary alicyclic amines) is 1. The molecule has 1 aliphatic carbocycles. The Labute approximate surface area is 137 Å². The summed E-state index contributed by atoms with van der Waals surface area (Å²) in [6.45, 7) is 3.08. The third-order valence-electron chi connectivity index (χ3n) is 5.61. The average molecular weight is 315 g/mol.